The Morgan fingerprint density at radius 3 is 2.11 bits per heavy atom. The third-order valence-corrected chi connectivity index (χ3v) is 2.52. The SMILES string of the molecule is Cc1c(F)cccc1Nc1c(F)c(F)nc(F)c1F. The van der Waals surface area contributed by atoms with Crippen LogP contribution >= 0.6 is 0 Å². The van der Waals surface area contributed by atoms with E-state index in [0.717, 1.165) is 6.07 Å². The van der Waals surface area contributed by atoms with Crippen molar-refractivity contribution in [2.75, 3.05) is 5.32 Å². The van der Waals surface area contributed by atoms with Gasteiger partial charge in [0.05, 0.1) is 0 Å². The molecule has 0 radical (unpaired) electrons. The van der Waals surface area contributed by atoms with Crippen molar-refractivity contribution in [3.05, 3.63) is 53.1 Å². The maximum absolute atomic E-state index is 13.4. The summed E-state index contributed by atoms with van der Waals surface area (Å²) in [6.45, 7) is 1.35. The van der Waals surface area contributed by atoms with Gasteiger partial charge in [0.1, 0.15) is 11.5 Å². The van der Waals surface area contributed by atoms with Crippen molar-refractivity contribution in [2.45, 2.75) is 6.92 Å². The minimum absolute atomic E-state index is 0.0113. The van der Waals surface area contributed by atoms with Gasteiger partial charge in [-0.15, -0.1) is 0 Å². The van der Waals surface area contributed by atoms with E-state index >= 15 is 0 Å². The monoisotopic (exact) mass is 274 g/mol. The minimum Gasteiger partial charge on any atom is -0.350 e. The van der Waals surface area contributed by atoms with E-state index in [1.807, 2.05) is 0 Å². The average Bonchev–Trinajstić information content (AvgIpc) is 2.37. The molecule has 1 heterocycles. The number of anilines is 2. The van der Waals surface area contributed by atoms with Crippen molar-refractivity contribution in [1.29, 1.82) is 0 Å². The molecule has 0 aliphatic heterocycles. The predicted octanol–water partition coefficient (Wildman–Crippen LogP) is 3.83. The lowest BCUT2D eigenvalue weighted by atomic mass is 10.2. The molecule has 1 aromatic heterocycles. The van der Waals surface area contributed by atoms with Crippen LogP contribution in [0, 0.1) is 36.3 Å². The van der Waals surface area contributed by atoms with E-state index in [4.69, 9.17) is 0 Å². The summed E-state index contributed by atoms with van der Waals surface area (Å²) < 4.78 is 65.8. The van der Waals surface area contributed by atoms with Gasteiger partial charge >= 0.3 is 0 Å². The summed E-state index contributed by atoms with van der Waals surface area (Å²) in [7, 11) is 0. The second kappa shape index (κ2) is 4.83. The second-order valence-electron chi connectivity index (χ2n) is 3.73. The fourth-order valence-corrected chi connectivity index (χ4v) is 1.47. The largest absolute Gasteiger partial charge is 0.350 e. The summed E-state index contributed by atoms with van der Waals surface area (Å²) in [5.74, 6) is -7.54. The van der Waals surface area contributed by atoms with E-state index in [2.05, 4.69) is 10.3 Å². The first kappa shape index (κ1) is 13.3. The molecule has 0 atom stereocenters. The molecule has 2 aromatic rings. The summed E-state index contributed by atoms with van der Waals surface area (Å²) in [5.41, 5.74) is -1.01. The van der Waals surface area contributed by atoms with E-state index in [9.17, 15) is 22.0 Å². The average molecular weight is 274 g/mol. The molecule has 2 nitrogen and oxygen atoms in total. The van der Waals surface area contributed by atoms with Crippen LogP contribution in [0.3, 0.4) is 0 Å². The van der Waals surface area contributed by atoms with Crippen molar-refractivity contribution in [1.82, 2.24) is 4.98 Å². The van der Waals surface area contributed by atoms with Crippen molar-refractivity contribution in [3.63, 3.8) is 0 Å². The number of rotatable bonds is 2. The molecule has 0 unspecified atom stereocenters. The molecule has 1 aromatic carbocycles. The fraction of sp³-hybridized carbons (Fsp3) is 0.0833. The Labute approximate surface area is 104 Å². The van der Waals surface area contributed by atoms with Crippen LogP contribution in [-0.4, -0.2) is 4.98 Å². The third kappa shape index (κ3) is 2.35. The standard InChI is InChI=1S/C12H7F5N2/c1-5-6(13)3-2-4-7(5)18-10-8(14)11(16)19-12(17)9(10)15/h2-4H,1H3,(H,18,19). The highest BCUT2D eigenvalue weighted by Crippen LogP contribution is 2.28. The Bertz CT molecular complexity index is 616. The summed E-state index contributed by atoms with van der Waals surface area (Å²) in [6.07, 6.45) is 0. The fourth-order valence-electron chi connectivity index (χ4n) is 1.47. The summed E-state index contributed by atoms with van der Waals surface area (Å²) in [5, 5.41) is 2.12. The molecular weight excluding hydrogens is 267 g/mol. The minimum atomic E-state index is -1.78. The molecule has 0 aliphatic carbocycles. The maximum Gasteiger partial charge on any atom is 0.253 e. The van der Waals surface area contributed by atoms with Gasteiger partial charge in [-0.25, -0.2) is 4.39 Å². The van der Waals surface area contributed by atoms with Crippen LogP contribution in [0.25, 0.3) is 0 Å². The van der Waals surface area contributed by atoms with Crippen molar-refractivity contribution in [3.8, 4) is 0 Å². The molecule has 100 valence electrons. The number of halogens is 5. The zero-order valence-electron chi connectivity index (χ0n) is 9.57. The third-order valence-electron chi connectivity index (χ3n) is 2.52. The van der Waals surface area contributed by atoms with Gasteiger partial charge in [0.25, 0.3) is 11.9 Å². The van der Waals surface area contributed by atoms with E-state index < -0.39 is 35.0 Å². The maximum atomic E-state index is 13.4. The van der Waals surface area contributed by atoms with Crippen LogP contribution < -0.4 is 5.32 Å². The van der Waals surface area contributed by atoms with E-state index in [-0.39, 0.29) is 11.3 Å². The Kier molecular flexibility index (Phi) is 3.37. The highest BCUT2D eigenvalue weighted by molar-refractivity contribution is 5.63. The molecule has 0 fully saturated rings. The number of nitrogens with one attached hydrogen (secondary N) is 1. The molecule has 0 bridgehead atoms. The smallest absolute Gasteiger partial charge is 0.253 e. The molecule has 0 aliphatic rings. The number of hydrogen-bond donors (Lipinski definition) is 1. The summed E-state index contributed by atoms with van der Waals surface area (Å²) in [4.78, 5) is 2.42. The van der Waals surface area contributed by atoms with Gasteiger partial charge in [-0.1, -0.05) is 6.07 Å². The Morgan fingerprint density at radius 1 is 0.947 bits per heavy atom. The first-order valence-corrected chi connectivity index (χ1v) is 5.14. The van der Waals surface area contributed by atoms with Gasteiger partial charge in [0.2, 0.25) is 11.6 Å². The van der Waals surface area contributed by atoms with Gasteiger partial charge in [0, 0.05) is 11.3 Å². The Morgan fingerprint density at radius 2 is 1.53 bits per heavy atom. The number of benzene rings is 1. The van der Waals surface area contributed by atoms with Crippen LogP contribution in [0.15, 0.2) is 18.2 Å². The van der Waals surface area contributed by atoms with Crippen molar-refractivity contribution in [2.24, 2.45) is 0 Å². The zero-order chi connectivity index (χ0) is 14.2. The highest BCUT2D eigenvalue weighted by atomic mass is 19.2. The normalized spacial score (nSPS) is 10.6. The molecule has 1 N–H and O–H groups in total. The van der Waals surface area contributed by atoms with E-state index in [1.54, 1.807) is 0 Å². The molecule has 0 saturated heterocycles. The zero-order valence-corrected chi connectivity index (χ0v) is 9.57. The summed E-state index contributed by atoms with van der Waals surface area (Å²) >= 11 is 0. The van der Waals surface area contributed by atoms with Crippen molar-refractivity contribution < 1.29 is 22.0 Å². The molecular formula is C12H7F5N2. The van der Waals surface area contributed by atoms with Crippen LogP contribution in [0.4, 0.5) is 33.3 Å². The number of nitrogens with zero attached hydrogens (tertiary/aromatic N) is 1. The van der Waals surface area contributed by atoms with E-state index in [0.29, 0.717) is 0 Å². The van der Waals surface area contributed by atoms with Gasteiger partial charge in [-0.3, -0.25) is 0 Å². The lowest BCUT2D eigenvalue weighted by Crippen LogP contribution is -2.07. The molecule has 19 heavy (non-hydrogen) atoms. The first-order valence-electron chi connectivity index (χ1n) is 5.14. The topological polar surface area (TPSA) is 24.9 Å². The highest BCUT2D eigenvalue weighted by Gasteiger charge is 2.21. The van der Waals surface area contributed by atoms with Gasteiger partial charge in [-0.2, -0.15) is 22.5 Å². The first-order chi connectivity index (χ1) is 8.91. The lowest BCUT2D eigenvalue weighted by Gasteiger charge is -2.12. The second-order valence-corrected chi connectivity index (χ2v) is 3.73. The molecule has 7 heteroatoms. The van der Waals surface area contributed by atoms with Gasteiger partial charge in [-0.05, 0) is 19.1 Å². The predicted molar refractivity (Wildman–Crippen MR) is 58.5 cm³/mol. The van der Waals surface area contributed by atoms with Crippen molar-refractivity contribution >= 4 is 11.4 Å². The Hall–Kier alpha value is -2.18. The number of aromatic nitrogens is 1. The van der Waals surface area contributed by atoms with Gasteiger partial charge < -0.3 is 5.32 Å². The van der Waals surface area contributed by atoms with Gasteiger partial charge in [0.15, 0.2) is 0 Å². The van der Waals surface area contributed by atoms with Crippen LogP contribution in [-0.2, 0) is 0 Å². The number of pyridine rings is 1. The quantitative estimate of drug-likeness (QED) is 0.665. The van der Waals surface area contributed by atoms with Crippen LogP contribution in [0.5, 0.6) is 0 Å². The summed E-state index contributed by atoms with van der Waals surface area (Å²) in [6, 6.07) is 3.74. The van der Waals surface area contributed by atoms with Crippen LogP contribution in [0.1, 0.15) is 5.56 Å². The van der Waals surface area contributed by atoms with E-state index in [1.165, 1.54) is 19.1 Å². The van der Waals surface area contributed by atoms with Crippen LogP contribution in [0.2, 0.25) is 0 Å². The molecule has 0 spiro atoms. The number of hydrogen-bond acceptors (Lipinski definition) is 2. The Balaban J connectivity index is 2.52. The molecule has 0 amide bonds. The lowest BCUT2D eigenvalue weighted by molar-refractivity contribution is 0.411. The molecule has 2 rings (SSSR count). The molecule has 0 saturated carbocycles.